The third kappa shape index (κ3) is 6.85. The molecule has 0 spiro atoms. The molecule has 134 valence electrons. The molecule has 0 aliphatic rings. The normalized spacial score (nSPS) is 11.5. The molecule has 0 radical (unpaired) electrons. The summed E-state index contributed by atoms with van der Waals surface area (Å²) in [4.78, 5) is 0. The van der Waals surface area contributed by atoms with Gasteiger partial charge in [0.05, 0.1) is 0 Å². The average molecular weight is 355 g/mol. The molecule has 1 nitrogen and oxygen atoms in total. The zero-order valence-corrected chi connectivity index (χ0v) is 17.9. The van der Waals surface area contributed by atoms with Gasteiger partial charge in [-0.05, 0) is 11.3 Å². The maximum atomic E-state index is 4.87. The van der Waals surface area contributed by atoms with Crippen molar-refractivity contribution >= 4 is 5.69 Å². The molecule has 0 bridgehead atoms. The molecule has 1 unspecified atom stereocenters. The van der Waals surface area contributed by atoms with Crippen molar-refractivity contribution in [3.8, 4) is 0 Å². The molecule has 0 amide bonds. The van der Waals surface area contributed by atoms with Crippen LogP contribution in [0, 0.1) is 11.8 Å². The quantitative estimate of drug-likeness (QED) is 0.467. The number of hydrogen-bond donors (Lipinski definition) is 0. The topological polar surface area (TPSA) is 14.1 Å². The van der Waals surface area contributed by atoms with Gasteiger partial charge in [0.1, 0.15) is 0 Å². The first-order valence-electron chi connectivity index (χ1n) is 9.24. The summed E-state index contributed by atoms with van der Waals surface area (Å²) in [7, 11) is 0. The fraction of sp³-hybridized carbons (Fsp3) is 0.240. The van der Waals surface area contributed by atoms with Crippen molar-refractivity contribution in [3.63, 3.8) is 0 Å². The van der Waals surface area contributed by atoms with Crippen LogP contribution in [-0.4, -0.2) is 0 Å². The van der Waals surface area contributed by atoms with Gasteiger partial charge in [0.25, 0.3) is 0 Å². The molecule has 0 heterocycles. The van der Waals surface area contributed by atoms with Crippen molar-refractivity contribution in [1.82, 2.24) is 0 Å². The van der Waals surface area contributed by atoms with E-state index in [9.17, 15) is 0 Å². The van der Waals surface area contributed by atoms with Crippen LogP contribution in [0.3, 0.4) is 0 Å². The number of nitrogens with zero attached hydrogens (tertiary/aromatic N) is 1. The van der Waals surface area contributed by atoms with Gasteiger partial charge in [-0.25, -0.2) is 5.56 Å². The van der Waals surface area contributed by atoms with Gasteiger partial charge in [-0.1, -0.05) is 98.6 Å². The predicted octanol–water partition coefficient (Wildman–Crippen LogP) is 1.28. The second-order valence-corrected chi connectivity index (χ2v) is 7.78. The second-order valence-electron chi connectivity index (χ2n) is 7.78. The first kappa shape index (κ1) is 24.6. The summed E-state index contributed by atoms with van der Waals surface area (Å²) in [6, 6.07) is 29.6. The SMILES string of the molecule is CC(C)(C)C([CH-]c1ccccc1[N-]Cc1ccccc1)c1ccccc1.[Li+].[Li+]. The van der Waals surface area contributed by atoms with E-state index in [0.717, 1.165) is 5.69 Å². The van der Waals surface area contributed by atoms with Gasteiger partial charge < -0.3 is 5.32 Å². The number of hydrogen-bond acceptors (Lipinski definition) is 0. The van der Waals surface area contributed by atoms with Crippen molar-refractivity contribution in [2.75, 3.05) is 0 Å². The number of benzene rings is 3. The minimum absolute atomic E-state index is 0. The van der Waals surface area contributed by atoms with E-state index >= 15 is 0 Å². The molecular weight excluding hydrogens is 328 g/mol. The smallest absolute Gasteiger partial charge is 0.739 e. The number of rotatable bonds is 6. The van der Waals surface area contributed by atoms with Crippen LogP contribution in [0.15, 0.2) is 84.9 Å². The van der Waals surface area contributed by atoms with Crippen LogP contribution in [-0.2, 0) is 6.54 Å². The van der Waals surface area contributed by atoms with E-state index in [-0.39, 0.29) is 43.1 Å². The first-order valence-corrected chi connectivity index (χ1v) is 9.24. The molecule has 0 fully saturated rings. The summed E-state index contributed by atoms with van der Waals surface area (Å²) in [6.45, 7) is 7.60. The van der Waals surface area contributed by atoms with Gasteiger partial charge >= 0.3 is 37.7 Å². The molecule has 28 heavy (non-hydrogen) atoms. The van der Waals surface area contributed by atoms with Crippen molar-refractivity contribution in [2.45, 2.75) is 33.2 Å². The van der Waals surface area contributed by atoms with E-state index < -0.39 is 0 Å². The monoisotopic (exact) mass is 355 g/mol. The minimum atomic E-state index is 0. The van der Waals surface area contributed by atoms with E-state index in [4.69, 9.17) is 5.32 Å². The molecule has 0 aliphatic carbocycles. The molecule has 0 aromatic heterocycles. The van der Waals surface area contributed by atoms with Crippen molar-refractivity contribution in [2.24, 2.45) is 5.41 Å². The Morgan fingerprint density at radius 1 is 0.750 bits per heavy atom. The molecular formula is C25H27Li2N. The van der Waals surface area contributed by atoms with Crippen LogP contribution in [0.1, 0.15) is 43.4 Å². The van der Waals surface area contributed by atoms with Crippen molar-refractivity contribution in [3.05, 3.63) is 113 Å². The van der Waals surface area contributed by atoms with E-state index in [2.05, 4.69) is 106 Å². The standard InChI is InChI=1S/C25H27N.2Li/c1-25(2,3)23(21-14-8-5-9-15-21)18-22-16-10-11-17-24(22)26-19-20-12-6-4-7-13-20;;/h4-18,23H,19H2,1-3H3;;/q-2;2*+1. The summed E-state index contributed by atoms with van der Waals surface area (Å²) in [5, 5.41) is 4.87. The zero-order chi connectivity index (χ0) is 18.4. The van der Waals surface area contributed by atoms with Crippen molar-refractivity contribution < 1.29 is 37.7 Å². The molecule has 0 saturated carbocycles. The maximum Gasteiger partial charge on any atom is 1.00 e. The van der Waals surface area contributed by atoms with Gasteiger partial charge in [0.2, 0.25) is 0 Å². The largest absolute Gasteiger partial charge is 1.00 e. The van der Waals surface area contributed by atoms with Gasteiger partial charge in [0, 0.05) is 0 Å². The molecule has 3 aromatic carbocycles. The summed E-state index contributed by atoms with van der Waals surface area (Å²) in [5.41, 5.74) is 4.97. The molecule has 1 atom stereocenters. The van der Waals surface area contributed by atoms with Gasteiger partial charge in [-0.3, -0.25) is 5.69 Å². The Balaban J connectivity index is 0.00000196. The molecule has 0 aliphatic heterocycles. The maximum absolute atomic E-state index is 4.87. The molecule has 0 saturated heterocycles. The summed E-state index contributed by atoms with van der Waals surface area (Å²) in [5.74, 6) is 0.330. The average Bonchev–Trinajstić information content (AvgIpc) is 2.66. The van der Waals surface area contributed by atoms with E-state index in [1.165, 1.54) is 16.7 Å². The molecule has 0 N–H and O–H groups in total. The van der Waals surface area contributed by atoms with Crippen molar-refractivity contribution in [1.29, 1.82) is 0 Å². The van der Waals surface area contributed by atoms with Crippen LogP contribution < -0.4 is 37.7 Å². The Kier molecular flexibility index (Phi) is 10.1. The third-order valence-electron chi connectivity index (χ3n) is 4.65. The van der Waals surface area contributed by atoms with Gasteiger partial charge in [-0.2, -0.15) is 12.5 Å². The van der Waals surface area contributed by atoms with Gasteiger partial charge in [0.15, 0.2) is 0 Å². The minimum Gasteiger partial charge on any atom is -0.739 e. The van der Waals surface area contributed by atoms with Crippen LogP contribution in [0.2, 0.25) is 0 Å². The Labute approximate surface area is 194 Å². The van der Waals surface area contributed by atoms with E-state index in [0.29, 0.717) is 12.5 Å². The zero-order valence-electron chi connectivity index (χ0n) is 17.9. The summed E-state index contributed by atoms with van der Waals surface area (Å²) >= 11 is 0. The van der Waals surface area contributed by atoms with Gasteiger partial charge in [-0.15, -0.1) is 18.7 Å². The fourth-order valence-electron chi connectivity index (χ4n) is 3.22. The van der Waals surface area contributed by atoms with Crippen LogP contribution in [0.25, 0.3) is 5.32 Å². The Morgan fingerprint density at radius 3 is 1.89 bits per heavy atom. The van der Waals surface area contributed by atoms with E-state index in [1.807, 2.05) is 6.07 Å². The van der Waals surface area contributed by atoms with E-state index in [1.54, 1.807) is 0 Å². The molecule has 3 rings (SSSR count). The predicted molar refractivity (Wildman–Crippen MR) is 112 cm³/mol. The first-order chi connectivity index (χ1) is 12.5. The third-order valence-corrected chi connectivity index (χ3v) is 4.65. The second kappa shape index (κ2) is 11.5. The molecule has 3 aromatic rings. The Bertz CT molecular complexity index is 811. The van der Waals surface area contributed by atoms with Crippen LogP contribution in [0.5, 0.6) is 0 Å². The summed E-state index contributed by atoms with van der Waals surface area (Å²) < 4.78 is 0. The Hall–Kier alpha value is -1.48. The Morgan fingerprint density at radius 2 is 1.29 bits per heavy atom. The molecule has 3 heteroatoms. The fourth-order valence-corrected chi connectivity index (χ4v) is 3.22. The summed E-state index contributed by atoms with van der Waals surface area (Å²) in [6.07, 6.45) is 2.37. The van der Waals surface area contributed by atoms with Crippen LogP contribution >= 0.6 is 0 Å². The van der Waals surface area contributed by atoms with Crippen LogP contribution in [0.4, 0.5) is 5.69 Å². The number of para-hydroxylation sites is 1.